The number of carbonyl (C=O) groups excluding carboxylic acids is 1. The molecule has 9 heteroatoms. The van der Waals surface area contributed by atoms with Crippen LogP contribution in [0, 0.1) is 0 Å². The summed E-state index contributed by atoms with van der Waals surface area (Å²) in [6.07, 6.45) is 1.67. The summed E-state index contributed by atoms with van der Waals surface area (Å²) >= 11 is 12.3. The fraction of sp³-hybridized carbons (Fsp3) is 0.350. The minimum Gasteiger partial charge on any atom is -0.496 e. The number of sulfonamides is 1. The van der Waals surface area contributed by atoms with Gasteiger partial charge in [-0.15, -0.1) is 0 Å². The Morgan fingerprint density at radius 3 is 2.48 bits per heavy atom. The molecule has 156 valence electrons. The summed E-state index contributed by atoms with van der Waals surface area (Å²) < 4.78 is 32.4. The molecule has 1 aliphatic rings. The number of nitrogens with zero attached hydrogens (tertiary/aromatic N) is 2. The number of ether oxygens (including phenoxy) is 1. The third-order valence-corrected chi connectivity index (χ3v) is 7.33. The van der Waals surface area contributed by atoms with Crippen molar-refractivity contribution < 1.29 is 17.9 Å². The van der Waals surface area contributed by atoms with Crippen molar-refractivity contribution in [2.45, 2.75) is 24.3 Å². The maximum Gasteiger partial charge on any atom is 0.255 e. The Labute approximate surface area is 181 Å². The zero-order valence-corrected chi connectivity index (χ0v) is 18.5. The molecule has 1 amide bonds. The maximum atomic E-state index is 13.0. The average molecular weight is 457 g/mol. The lowest BCUT2D eigenvalue weighted by Gasteiger charge is -2.21. The predicted octanol–water partition coefficient (Wildman–Crippen LogP) is 4.06. The fourth-order valence-electron chi connectivity index (χ4n) is 3.31. The number of methoxy groups -OCH3 is 1. The second kappa shape index (κ2) is 8.92. The van der Waals surface area contributed by atoms with Crippen LogP contribution in [0.15, 0.2) is 41.3 Å². The van der Waals surface area contributed by atoms with Crippen LogP contribution in [0.3, 0.4) is 0 Å². The van der Waals surface area contributed by atoms with Gasteiger partial charge in [-0.25, -0.2) is 8.42 Å². The summed E-state index contributed by atoms with van der Waals surface area (Å²) in [4.78, 5) is 14.5. The van der Waals surface area contributed by atoms with E-state index < -0.39 is 15.9 Å². The molecule has 3 rings (SSSR count). The van der Waals surface area contributed by atoms with Gasteiger partial charge in [0.05, 0.1) is 22.6 Å². The molecule has 6 nitrogen and oxygen atoms in total. The zero-order chi connectivity index (χ0) is 21.2. The maximum absolute atomic E-state index is 13.0. The van der Waals surface area contributed by atoms with Crippen molar-refractivity contribution in [3.8, 4) is 5.75 Å². The van der Waals surface area contributed by atoms with E-state index in [0.717, 1.165) is 18.4 Å². The largest absolute Gasteiger partial charge is 0.496 e. The highest BCUT2D eigenvalue weighted by atomic mass is 35.5. The first-order valence-electron chi connectivity index (χ1n) is 9.11. The van der Waals surface area contributed by atoms with Gasteiger partial charge in [0.15, 0.2) is 0 Å². The summed E-state index contributed by atoms with van der Waals surface area (Å²) in [5.74, 6) is 0.209. The van der Waals surface area contributed by atoms with Crippen LogP contribution in [-0.4, -0.2) is 50.8 Å². The van der Waals surface area contributed by atoms with Gasteiger partial charge in [-0.3, -0.25) is 4.79 Å². The summed E-state index contributed by atoms with van der Waals surface area (Å²) in [5.41, 5.74) is 0.864. The lowest BCUT2D eigenvalue weighted by Crippen LogP contribution is -2.29. The Hall–Kier alpha value is -1.80. The van der Waals surface area contributed by atoms with Crippen LogP contribution in [0.1, 0.15) is 28.8 Å². The van der Waals surface area contributed by atoms with Gasteiger partial charge in [-0.05, 0) is 49.2 Å². The third kappa shape index (κ3) is 4.69. The van der Waals surface area contributed by atoms with E-state index in [4.69, 9.17) is 27.9 Å². The van der Waals surface area contributed by atoms with Crippen LogP contribution in [0.5, 0.6) is 5.75 Å². The molecule has 1 saturated heterocycles. The van der Waals surface area contributed by atoms with Crippen molar-refractivity contribution >= 4 is 39.1 Å². The monoisotopic (exact) mass is 456 g/mol. The van der Waals surface area contributed by atoms with Crippen LogP contribution < -0.4 is 4.74 Å². The van der Waals surface area contributed by atoms with Gasteiger partial charge in [-0.2, -0.15) is 4.31 Å². The first kappa shape index (κ1) is 21.9. The van der Waals surface area contributed by atoms with E-state index in [1.54, 1.807) is 25.2 Å². The Morgan fingerprint density at radius 2 is 1.83 bits per heavy atom. The quantitative estimate of drug-likeness (QED) is 0.656. The number of hydrogen-bond acceptors (Lipinski definition) is 4. The molecule has 0 aromatic heterocycles. The molecule has 29 heavy (non-hydrogen) atoms. The highest BCUT2D eigenvalue weighted by Gasteiger charge is 2.29. The van der Waals surface area contributed by atoms with Gasteiger partial charge in [0.1, 0.15) is 5.75 Å². The van der Waals surface area contributed by atoms with Crippen LogP contribution in [-0.2, 0) is 16.6 Å². The first-order chi connectivity index (χ1) is 13.7. The molecule has 0 N–H and O–H groups in total. The summed E-state index contributed by atoms with van der Waals surface area (Å²) in [5, 5.41) is 0.721. The molecule has 0 bridgehead atoms. The Bertz CT molecular complexity index is 1020. The van der Waals surface area contributed by atoms with Gasteiger partial charge in [0.2, 0.25) is 10.0 Å². The van der Waals surface area contributed by atoms with Crippen molar-refractivity contribution in [1.29, 1.82) is 0 Å². The lowest BCUT2D eigenvalue weighted by molar-refractivity contribution is 0.0784. The number of amides is 1. The summed E-state index contributed by atoms with van der Waals surface area (Å²) in [6.45, 7) is 1.20. The summed E-state index contributed by atoms with van der Waals surface area (Å²) in [7, 11) is -0.494. The Morgan fingerprint density at radius 1 is 1.14 bits per heavy atom. The number of benzene rings is 2. The van der Waals surface area contributed by atoms with Gasteiger partial charge in [0, 0.05) is 37.3 Å². The molecule has 1 aliphatic heterocycles. The van der Waals surface area contributed by atoms with Crippen LogP contribution >= 0.6 is 23.2 Å². The molecular weight excluding hydrogens is 435 g/mol. The Kier molecular flexibility index (Phi) is 6.73. The molecular formula is C20H22Cl2N2O4S. The molecule has 0 spiro atoms. The molecule has 1 fully saturated rings. The van der Waals surface area contributed by atoms with Crippen LogP contribution in [0.25, 0.3) is 0 Å². The third-order valence-electron chi connectivity index (χ3n) is 4.87. The minimum atomic E-state index is -3.65. The highest BCUT2D eigenvalue weighted by molar-refractivity contribution is 7.89. The molecule has 0 radical (unpaired) electrons. The second-order valence-electron chi connectivity index (χ2n) is 6.87. The Balaban J connectivity index is 1.88. The van der Waals surface area contributed by atoms with E-state index in [-0.39, 0.29) is 22.0 Å². The molecule has 1 heterocycles. The van der Waals surface area contributed by atoms with Gasteiger partial charge < -0.3 is 9.64 Å². The number of carbonyl (C=O) groups is 1. The van der Waals surface area contributed by atoms with Gasteiger partial charge >= 0.3 is 0 Å². The lowest BCUT2D eigenvalue weighted by atomic mass is 10.1. The minimum absolute atomic E-state index is 0.0703. The number of hydrogen-bond donors (Lipinski definition) is 0. The molecule has 2 aromatic carbocycles. The molecule has 0 saturated carbocycles. The van der Waals surface area contributed by atoms with E-state index in [2.05, 4.69) is 0 Å². The van der Waals surface area contributed by atoms with Gasteiger partial charge in [0.25, 0.3) is 5.91 Å². The first-order valence-corrected chi connectivity index (χ1v) is 11.3. The zero-order valence-electron chi connectivity index (χ0n) is 16.2. The van der Waals surface area contributed by atoms with E-state index >= 15 is 0 Å². The molecule has 0 unspecified atom stereocenters. The normalized spacial score (nSPS) is 14.8. The number of halogens is 2. The molecule has 0 atom stereocenters. The second-order valence-corrected chi connectivity index (χ2v) is 9.65. The van der Waals surface area contributed by atoms with Crippen molar-refractivity contribution in [1.82, 2.24) is 9.21 Å². The van der Waals surface area contributed by atoms with Crippen LogP contribution in [0.2, 0.25) is 10.0 Å². The van der Waals surface area contributed by atoms with Crippen molar-refractivity contribution in [2.75, 3.05) is 27.2 Å². The smallest absolute Gasteiger partial charge is 0.255 e. The fourth-order valence-corrected chi connectivity index (χ4v) is 5.25. The van der Waals surface area contributed by atoms with Crippen molar-refractivity contribution in [3.05, 3.63) is 57.6 Å². The molecule has 0 aliphatic carbocycles. The predicted molar refractivity (Wildman–Crippen MR) is 113 cm³/mol. The number of rotatable bonds is 6. The molecule has 2 aromatic rings. The average Bonchev–Trinajstić information content (AvgIpc) is 3.23. The van der Waals surface area contributed by atoms with Gasteiger partial charge in [-0.1, -0.05) is 23.2 Å². The van der Waals surface area contributed by atoms with E-state index in [9.17, 15) is 13.2 Å². The standard InChI is InChI=1S/C20H22Cl2N2O4S/c1-23(13-14-11-15(21)5-8-19(14)28-2)20(25)17-12-16(6-7-18(17)22)29(26,27)24-9-3-4-10-24/h5-8,11-12H,3-4,9-10,13H2,1-2H3. The van der Waals surface area contributed by atoms with Crippen molar-refractivity contribution in [2.24, 2.45) is 0 Å². The topological polar surface area (TPSA) is 66.9 Å². The van der Waals surface area contributed by atoms with E-state index in [1.807, 2.05) is 0 Å². The van der Waals surface area contributed by atoms with Crippen LogP contribution in [0.4, 0.5) is 0 Å². The summed E-state index contributed by atoms with van der Waals surface area (Å²) in [6, 6.07) is 9.39. The highest BCUT2D eigenvalue weighted by Crippen LogP contribution is 2.28. The van der Waals surface area contributed by atoms with Crippen molar-refractivity contribution in [3.63, 3.8) is 0 Å². The SMILES string of the molecule is COc1ccc(Cl)cc1CN(C)C(=O)c1cc(S(=O)(=O)N2CCCC2)ccc1Cl. The van der Waals surface area contributed by atoms with E-state index in [0.29, 0.717) is 23.9 Å². The van der Waals surface area contributed by atoms with E-state index in [1.165, 1.54) is 34.5 Å².